The van der Waals surface area contributed by atoms with Crippen LogP contribution in [0.25, 0.3) is 22.4 Å². The number of amides is 1. The Morgan fingerprint density at radius 2 is 1.55 bits per heavy atom. The summed E-state index contributed by atoms with van der Waals surface area (Å²) in [6.45, 7) is 12.2. The number of nitrogens with one attached hydrogen (secondary N) is 1. The first-order valence-electron chi connectivity index (χ1n) is 9.71. The van der Waals surface area contributed by atoms with E-state index in [9.17, 15) is 9.18 Å². The van der Waals surface area contributed by atoms with Crippen molar-refractivity contribution in [1.82, 2.24) is 14.9 Å². The minimum atomic E-state index is -0.351. The van der Waals surface area contributed by atoms with E-state index < -0.39 is 0 Å². The molecule has 3 rings (SSSR count). The van der Waals surface area contributed by atoms with Crippen molar-refractivity contribution >= 4 is 5.91 Å². The molecule has 4 nitrogen and oxygen atoms in total. The molecule has 152 valence electrons. The molecule has 3 aromatic rings. The Kier molecular flexibility index (Phi) is 5.35. The molecule has 1 amide bonds. The average Bonchev–Trinajstić information content (AvgIpc) is 3.11. The lowest BCUT2D eigenvalue weighted by atomic mass is 9.96. The van der Waals surface area contributed by atoms with Crippen molar-refractivity contribution in [2.24, 2.45) is 0 Å². The van der Waals surface area contributed by atoms with E-state index in [-0.39, 0.29) is 22.8 Å². The number of hydrogen-bond acceptors (Lipinski definition) is 2. The van der Waals surface area contributed by atoms with Crippen molar-refractivity contribution < 1.29 is 9.18 Å². The van der Waals surface area contributed by atoms with Crippen molar-refractivity contribution in [2.75, 3.05) is 0 Å². The zero-order valence-electron chi connectivity index (χ0n) is 17.9. The molecule has 29 heavy (non-hydrogen) atoms. The van der Waals surface area contributed by atoms with Crippen LogP contribution in [0.15, 0.2) is 55.0 Å². The van der Waals surface area contributed by atoms with Crippen LogP contribution >= 0.6 is 0 Å². The zero-order chi connectivity index (χ0) is 21.4. The Balaban J connectivity index is 2.17. The molecule has 0 aliphatic carbocycles. The Morgan fingerprint density at radius 3 is 2.14 bits per heavy atom. The number of benzene rings is 2. The highest BCUT2D eigenvalue weighted by molar-refractivity contribution is 5.97. The number of nitrogens with zero attached hydrogens (tertiary/aromatic N) is 2. The van der Waals surface area contributed by atoms with Gasteiger partial charge in [0.1, 0.15) is 5.82 Å². The molecule has 2 aromatic carbocycles. The molecule has 5 heteroatoms. The van der Waals surface area contributed by atoms with E-state index in [2.05, 4.69) is 35.6 Å². The summed E-state index contributed by atoms with van der Waals surface area (Å²) in [7, 11) is 0. The van der Waals surface area contributed by atoms with Gasteiger partial charge < -0.3 is 9.88 Å². The molecule has 0 saturated carbocycles. The van der Waals surface area contributed by atoms with Gasteiger partial charge >= 0.3 is 0 Å². The molecule has 0 aliphatic rings. The van der Waals surface area contributed by atoms with E-state index in [1.807, 2.05) is 39.0 Å². The summed E-state index contributed by atoms with van der Waals surface area (Å²) < 4.78 is 15.5. The second kappa shape index (κ2) is 7.47. The number of carbonyl (C=O) groups is 1. The monoisotopic (exact) mass is 393 g/mol. The Morgan fingerprint density at radius 1 is 0.931 bits per heavy atom. The molecule has 0 fully saturated rings. The molecule has 0 aliphatic heterocycles. The highest BCUT2D eigenvalue weighted by Gasteiger charge is 2.21. The van der Waals surface area contributed by atoms with Gasteiger partial charge in [-0.3, -0.25) is 4.79 Å². The maximum Gasteiger partial charge on any atom is 0.251 e. The standard InChI is InChI=1S/C24H28FN3O/c1-23(2,3)27-22(29)19-12-17(16-7-9-20(25)10-8-16)11-18(13-19)21-14-26-15-28(21)24(4,5)6/h7-15H,1-6H3,(H,27,29). The lowest BCUT2D eigenvalue weighted by molar-refractivity contribution is 0.0919. The first kappa shape index (κ1) is 20.8. The van der Waals surface area contributed by atoms with Crippen LogP contribution < -0.4 is 5.32 Å². The third-order valence-corrected chi connectivity index (χ3v) is 4.52. The first-order chi connectivity index (χ1) is 13.4. The fourth-order valence-corrected chi connectivity index (χ4v) is 3.17. The van der Waals surface area contributed by atoms with Crippen LogP contribution in [0.5, 0.6) is 0 Å². The van der Waals surface area contributed by atoms with Crippen LogP contribution in [-0.2, 0) is 5.54 Å². The normalized spacial score (nSPS) is 12.1. The molecule has 0 spiro atoms. The van der Waals surface area contributed by atoms with Gasteiger partial charge in [-0.1, -0.05) is 12.1 Å². The summed E-state index contributed by atoms with van der Waals surface area (Å²) in [5.41, 5.74) is 3.55. The maximum atomic E-state index is 13.4. The number of imidazole rings is 1. The summed E-state index contributed by atoms with van der Waals surface area (Å²) in [4.78, 5) is 17.2. The minimum absolute atomic E-state index is 0.149. The van der Waals surface area contributed by atoms with Crippen LogP contribution in [0.1, 0.15) is 51.9 Å². The fourth-order valence-electron chi connectivity index (χ4n) is 3.17. The molecular weight excluding hydrogens is 365 g/mol. The molecule has 1 aromatic heterocycles. The number of halogens is 1. The predicted octanol–water partition coefficient (Wildman–Crippen LogP) is 5.64. The van der Waals surface area contributed by atoms with E-state index in [1.165, 1.54) is 12.1 Å². The van der Waals surface area contributed by atoms with Crippen molar-refractivity contribution in [3.05, 3.63) is 66.4 Å². The lowest BCUT2D eigenvalue weighted by Crippen LogP contribution is -2.40. The van der Waals surface area contributed by atoms with Gasteiger partial charge in [0.15, 0.2) is 0 Å². The van der Waals surface area contributed by atoms with Gasteiger partial charge in [-0.25, -0.2) is 9.37 Å². The molecule has 0 bridgehead atoms. The van der Waals surface area contributed by atoms with Crippen molar-refractivity contribution in [2.45, 2.75) is 52.6 Å². The molecular formula is C24H28FN3O. The van der Waals surface area contributed by atoms with Crippen molar-refractivity contribution in [3.63, 3.8) is 0 Å². The summed E-state index contributed by atoms with van der Waals surface area (Å²) in [6, 6.07) is 12.0. The maximum absolute atomic E-state index is 13.4. The number of hydrogen-bond donors (Lipinski definition) is 1. The zero-order valence-corrected chi connectivity index (χ0v) is 17.9. The van der Waals surface area contributed by atoms with E-state index in [0.717, 1.165) is 22.4 Å². The van der Waals surface area contributed by atoms with E-state index in [1.54, 1.807) is 24.7 Å². The Hall–Kier alpha value is -2.95. The molecule has 0 unspecified atom stereocenters. The van der Waals surface area contributed by atoms with Gasteiger partial charge in [-0.15, -0.1) is 0 Å². The molecule has 0 atom stereocenters. The van der Waals surface area contributed by atoms with Gasteiger partial charge in [0, 0.05) is 22.2 Å². The Bertz CT molecular complexity index is 1020. The molecule has 1 heterocycles. The van der Waals surface area contributed by atoms with Gasteiger partial charge in [0.05, 0.1) is 18.2 Å². The highest BCUT2D eigenvalue weighted by atomic mass is 19.1. The summed E-state index contributed by atoms with van der Waals surface area (Å²) >= 11 is 0. The molecule has 0 radical (unpaired) electrons. The van der Waals surface area contributed by atoms with Gasteiger partial charge in [0.2, 0.25) is 0 Å². The number of aromatic nitrogens is 2. The topological polar surface area (TPSA) is 46.9 Å². The van der Waals surface area contributed by atoms with Gasteiger partial charge in [-0.2, -0.15) is 0 Å². The molecule has 0 saturated heterocycles. The number of carbonyl (C=O) groups excluding carboxylic acids is 1. The predicted molar refractivity (Wildman–Crippen MR) is 115 cm³/mol. The van der Waals surface area contributed by atoms with Crippen molar-refractivity contribution in [3.8, 4) is 22.4 Å². The minimum Gasteiger partial charge on any atom is -0.347 e. The van der Waals surface area contributed by atoms with E-state index in [0.29, 0.717) is 5.56 Å². The number of rotatable bonds is 3. The average molecular weight is 394 g/mol. The van der Waals surface area contributed by atoms with Gasteiger partial charge in [0.25, 0.3) is 5.91 Å². The second-order valence-electron chi connectivity index (χ2n) is 9.33. The SMILES string of the molecule is CC(C)(C)NC(=O)c1cc(-c2ccc(F)cc2)cc(-c2cncn2C(C)(C)C)c1. The lowest BCUT2D eigenvalue weighted by Gasteiger charge is -2.24. The van der Waals surface area contributed by atoms with Crippen molar-refractivity contribution in [1.29, 1.82) is 0 Å². The second-order valence-corrected chi connectivity index (χ2v) is 9.33. The first-order valence-corrected chi connectivity index (χ1v) is 9.71. The van der Waals surface area contributed by atoms with Crippen LogP contribution in [-0.4, -0.2) is 21.0 Å². The van der Waals surface area contributed by atoms with E-state index >= 15 is 0 Å². The van der Waals surface area contributed by atoms with Gasteiger partial charge in [-0.05, 0) is 83.0 Å². The van der Waals surface area contributed by atoms with Crippen LogP contribution in [0.4, 0.5) is 4.39 Å². The quantitative estimate of drug-likeness (QED) is 0.626. The Labute approximate surface area is 171 Å². The third kappa shape index (κ3) is 4.91. The molecule has 1 N–H and O–H groups in total. The van der Waals surface area contributed by atoms with Crippen LogP contribution in [0.3, 0.4) is 0 Å². The highest BCUT2D eigenvalue weighted by Crippen LogP contribution is 2.31. The largest absolute Gasteiger partial charge is 0.347 e. The van der Waals surface area contributed by atoms with Crippen LogP contribution in [0, 0.1) is 5.82 Å². The van der Waals surface area contributed by atoms with Crippen LogP contribution in [0.2, 0.25) is 0 Å². The summed E-state index contributed by atoms with van der Waals surface area (Å²) in [6.07, 6.45) is 3.61. The fraction of sp³-hybridized carbons (Fsp3) is 0.333. The third-order valence-electron chi connectivity index (χ3n) is 4.52. The summed E-state index contributed by atoms with van der Waals surface area (Å²) in [5, 5.41) is 3.02. The summed E-state index contributed by atoms with van der Waals surface area (Å²) in [5.74, 6) is -0.439. The van der Waals surface area contributed by atoms with E-state index in [4.69, 9.17) is 0 Å². The smallest absolute Gasteiger partial charge is 0.251 e.